The van der Waals surface area contributed by atoms with Gasteiger partial charge in [0.2, 0.25) is 11.8 Å². The molecule has 2 rings (SSSR count). The molecule has 0 saturated carbocycles. The zero-order valence-corrected chi connectivity index (χ0v) is 14.8. The second-order valence-corrected chi connectivity index (χ2v) is 5.87. The van der Waals surface area contributed by atoms with Crippen molar-refractivity contribution in [2.24, 2.45) is 0 Å². The van der Waals surface area contributed by atoms with Crippen molar-refractivity contribution in [2.75, 3.05) is 19.7 Å². The maximum atomic E-state index is 11.8. The summed E-state index contributed by atoms with van der Waals surface area (Å²) in [6.07, 6.45) is 0.854. The third kappa shape index (κ3) is 8.04. The molecular weight excluding hydrogens is 348 g/mol. The van der Waals surface area contributed by atoms with E-state index in [1.54, 1.807) is 12.1 Å². The van der Waals surface area contributed by atoms with Crippen LogP contribution in [0.4, 0.5) is 0 Å². The zero-order valence-electron chi connectivity index (χ0n) is 14.8. The normalized spacial score (nSPS) is 10.1. The molecule has 0 heterocycles. The Morgan fingerprint density at radius 3 is 2.22 bits per heavy atom. The first kappa shape index (κ1) is 20.0. The second-order valence-electron chi connectivity index (χ2n) is 5.87. The Morgan fingerprint density at radius 2 is 1.56 bits per heavy atom. The predicted octanol–water partition coefficient (Wildman–Crippen LogP) is 1.17. The van der Waals surface area contributed by atoms with Crippen LogP contribution >= 0.6 is 0 Å². The van der Waals surface area contributed by atoms with E-state index in [0.717, 1.165) is 11.1 Å². The monoisotopic (exact) mass is 370 g/mol. The lowest BCUT2D eigenvalue weighted by Gasteiger charge is -2.08. The molecule has 0 bridgehead atoms. The Labute approximate surface area is 157 Å². The molecule has 0 aliphatic rings. The lowest BCUT2D eigenvalue weighted by molar-refractivity contribution is -0.139. The molecule has 2 aromatic rings. The number of carboxylic acid groups (broad SMARTS) is 1. The van der Waals surface area contributed by atoms with Crippen LogP contribution in [0.2, 0.25) is 0 Å². The molecule has 0 aliphatic carbocycles. The highest BCUT2D eigenvalue weighted by molar-refractivity contribution is 5.85. The van der Waals surface area contributed by atoms with Gasteiger partial charge in [0.1, 0.15) is 5.75 Å². The SMILES string of the molecule is O=C(O)COc1ccc(CCNC(=O)CNC(=O)Cc2ccccc2)cc1. The molecular formula is C20H22N2O5. The number of carbonyl (C=O) groups is 3. The molecule has 142 valence electrons. The summed E-state index contributed by atoms with van der Waals surface area (Å²) in [5, 5.41) is 13.9. The van der Waals surface area contributed by atoms with Gasteiger partial charge < -0.3 is 20.5 Å². The predicted molar refractivity (Wildman–Crippen MR) is 99.4 cm³/mol. The summed E-state index contributed by atoms with van der Waals surface area (Å²) in [5.41, 5.74) is 1.87. The second kappa shape index (κ2) is 10.6. The summed E-state index contributed by atoms with van der Waals surface area (Å²) in [6, 6.07) is 16.3. The van der Waals surface area contributed by atoms with E-state index in [9.17, 15) is 14.4 Å². The largest absolute Gasteiger partial charge is 0.482 e. The smallest absolute Gasteiger partial charge is 0.341 e. The molecule has 27 heavy (non-hydrogen) atoms. The first-order valence-electron chi connectivity index (χ1n) is 8.54. The molecule has 0 saturated heterocycles. The molecule has 0 spiro atoms. The van der Waals surface area contributed by atoms with Gasteiger partial charge in [-0.05, 0) is 29.7 Å². The molecule has 0 aromatic heterocycles. The van der Waals surface area contributed by atoms with Crippen molar-refractivity contribution in [3.63, 3.8) is 0 Å². The number of carbonyl (C=O) groups excluding carboxylic acids is 2. The standard InChI is InChI=1S/C20H22N2O5/c23-18(12-16-4-2-1-3-5-16)22-13-19(24)21-11-10-15-6-8-17(9-7-15)27-14-20(25)26/h1-9H,10-14H2,(H,21,24)(H,22,23)(H,25,26). The van der Waals surface area contributed by atoms with Crippen LogP contribution in [0.1, 0.15) is 11.1 Å². The number of rotatable bonds is 10. The van der Waals surface area contributed by atoms with Crippen molar-refractivity contribution in [1.29, 1.82) is 0 Å². The van der Waals surface area contributed by atoms with E-state index in [4.69, 9.17) is 9.84 Å². The molecule has 2 amide bonds. The van der Waals surface area contributed by atoms with Gasteiger partial charge >= 0.3 is 5.97 Å². The summed E-state index contributed by atoms with van der Waals surface area (Å²) >= 11 is 0. The molecule has 3 N–H and O–H groups in total. The highest BCUT2D eigenvalue weighted by atomic mass is 16.5. The van der Waals surface area contributed by atoms with Crippen molar-refractivity contribution in [1.82, 2.24) is 10.6 Å². The number of ether oxygens (including phenoxy) is 1. The summed E-state index contributed by atoms with van der Waals surface area (Å²) < 4.78 is 5.05. The highest BCUT2D eigenvalue weighted by Crippen LogP contribution is 2.12. The minimum Gasteiger partial charge on any atom is -0.482 e. The van der Waals surface area contributed by atoms with E-state index in [0.29, 0.717) is 18.7 Å². The van der Waals surface area contributed by atoms with Gasteiger partial charge in [0.25, 0.3) is 0 Å². The molecule has 2 aromatic carbocycles. The van der Waals surface area contributed by atoms with Crippen molar-refractivity contribution < 1.29 is 24.2 Å². The van der Waals surface area contributed by atoms with E-state index >= 15 is 0 Å². The van der Waals surface area contributed by atoms with Gasteiger partial charge in [0.05, 0.1) is 13.0 Å². The van der Waals surface area contributed by atoms with Crippen LogP contribution in [-0.4, -0.2) is 42.6 Å². The van der Waals surface area contributed by atoms with E-state index in [1.165, 1.54) is 0 Å². The summed E-state index contributed by atoms with van der Waals surface area (Å²) in [4.78, 5) is 34.0. The number of amides is 2. The van der Waals surface area contributed by atoms with E-state index in [2.05, 4.69) is 10.6 Å². The molecule has 7 nitrogen and oxygen atoms in total. The third-order valence-corrected chi connectivity index (χ3v) is 3.68. The van der Waals surface area contributed by atoms with Gasteiger partial charge in [-0.25, -0.2) is 4.79 Å². The zero-order chi connectivity index (χ0) is 19.5. The fraction of sp³-hybridized carbons (Fsp3) is 0.250. The molecule has 0 unspecified atom stereocenters. The Balaban J connectivity index is 1.62. The average molecular weight is 370 g/mol. The molecule has 0 aliphatic heterocycles. The van der Waals surface area contributed by atoms with Crippen molar-refractivity contribution in [3.05, 3.63) is 65.7 Å². The van der Waals surface area contributed by atoms with Crippen LogP contribution in [0, 0.1) is 0 Å². The Morgan fingerprint density at radius 1 is 0.852 bits per heavy atom. The molecule has 7 heteroatoms. The first-order valence-corrected chi connectivity index (χ1v) is 8.54. The van der Waals surface area contributed by atoms with Gasteiger partial charge in [-0.1, -0.05) is 42.5 Å². The van der Waals surface area contributed by atoms with E-state index in [1.807, 2.05) is 42.5 Å². The Hall–Kier alpha value is -3.35. The average Bonchev–Trinajstić information content (AvgIpc) is 2.66. The van der Waals surface area contributed by atoms with Gasteiger partial charge in [0, 0.05) is 6.54 Å². The van der Waals surface area contributed by atoms with Crippen molar-refractivity contribution in [3.8, 4) is 5.75 Å². The topological polar surface area (TPSA) is 105 Å². The van der Waals surface area contributed by atoms with Gasteiger partial charge in [-0.15, -0.1) is 0 Å². The van der Waals surface area contributed by atoms with Crippen LogP contribution in [0.25, 0.3) is 0 Å². The van der Waals surface area contributed by atoms with E-state index in [-0.39, 0.29) is 31.4 Å². The summed E-state index contributed by atoms with van der Waals surface area (Å²) in [6.45, 7) is -0.0122. The van der Waals surface area contributed by atoms with Gasteiger partial charge in [-0.3, -0.25) is 9.59 Å². The maximum absolute atomic E-state index is 11.8. The fourth-order valence-corrected chi connectivity index (χ4v) is 2.33. The quantitative estimate of drug-likeness (QED) is 0.582. The molecule has 0 fully saturated rings. The number of nitrogens with one attached hydrogen (secondary N) is 2. The van der Waals surface area contributed by atoms with Crippen molar-refractivity contribution >= 4 is 17.8 Å². The summed E-state index contributed by atoms with van der Waals surface area (Å²) in [7, 11) is 0. The van der Waals surface area contributed by atoms with E-state index < -0.39 is 5.97 Å². The highest BCUT2D eigenvalue weighted by Gasteiger charge is 2.06. The molecule has 0 atom stereocenters. The van der Waals surface area contributed by atoms with Gasteiger partial charge in [0.15, 0.2) is 6.61 Å². The lowest BCUT2D eigenvalue weighted by atomic mass is 10.1. The minimum absolute atomic E-state index is 0.0619. The third-order valence-electron chi connectivity index (χ3n) is 3.68. The van der Waals surface area contributed by atoms with Crippen LogP contribution in [0.5, 0.6) is 5.75 Å². The lowest BCUT2D eigenvalue weighted by Crippen LogP contribution is -2.38. The number of hydrogen-bond donors (Lipinski definition) is 3. The maximum Gasteiger partial charge on any atom is 0.341 e. The van der Waals surface area contributed by atoms with Crippen LogP contribution in [0.15, 0.2) is 54.6 Å². The Bertz CT molecular complexity index is 760. The van der Waals surface area contributed by atoms with Crippen LogP contribution in [-0.2, 0) is 27.2 Å². The Kier molecular flexibility index (Phi) is 7.84. The van der Waals surface area contributed by atoms with Crippen LogP contribution < -0.4 is 15.4 Å². The number of benzene rings is 2. The van der Waals surface area contributed by atoms with Crippen LogP contribution in [0.3, 0.4) is 0 Å². The fourth-order valence-electron chi connectivity index (χ4n) is 2.33. The number of aliphatic carboxylic acids is 1. The number of carboxylic acids is 1. The van der Waals surface area contributed by atoms with Gasteiger partial charge in [-0.2, -0.15) is 0 Å². The summed E-state index contributed by atoms with van der Waals surface area (Å²) in [5.74, 6) is -1.00. The minimum atomic E-state index is -1.03. The number of hydrogen-bond acceptors (Lipinski definition) is 4. The van der Waals surface area contributed by atoms with Crippen molar-refractivity contribution in [2.45, 2.75) is 12.8 Å². The first-order chi connectivity index (χ1) is 13.0. The molecule has 0 radical (unpaired) electrons.